The normalized spacial score (nSPS) is 11.9. The van der Waals surface area contributed by atoms with Gasteiger partial charge < -0.3 is 19.3 Å². The number of methoxy groups -OCH3 is 2. The highest BCUT2D eigenvalue weighted by Crippen LogP contribution is 2.28. The van der Waals surface area contributed by atoms with Crippen LogP contribution in [0.1, 0.15) is 16.7 Å². The number of benzene rings is 3. The van der Waals surface area contributed by atoms with Crippen LogP contribution in [0.15, 0.2) is 66.7 Å². The molecule has 0 fully saturated rings. The summed E-state index contributed by atoms with van der Waals surface area (Å²) in [5.41, 5.74) is 2.99. The fraction of sp³-hybridized carbons (Fsp3) is 0.308. The molecule has 0 aromatic heterocycles. The average molecular weight is 440 g/mol. The second-order valence-corrected chi connectivity index (χ2v) is 7.72. The molecule has 1 unspecified atom stereocenters. The van der Waals surface area contributed by atoms with Gasteiger partial charge in [0, 0.05) is 19.6 Å². The van der Waals surface area contributed by atoms with E-state index >= 15 is 0 Å². The maximum atomic E-state index is 13.3. The Morgan fingerprint density at radius 2 is 1.50 bits per heavy atom. The standard InChI is InChI=1S/C26H30FNO4/c1-19-6-4-5-7-24(19)32-18-23(29)17-28(15-20-8-11-22(27)12-9-20)16-21-10-13-25(30-2)26(14-21)31-3/h4-14,23,29H,15-18H2,1-3H3. The van der Waals surface area contributed by atoms with E-state index in [1.165, 1.54) is 12.1 Å². The first-order chi connectivity index (χ1) is 15.5. The van der Waals surface area contributed by atoms with Crippen molar-refractivity contribution < 1.29 is 23.7 Å². The van der Waals surface area contributed by atoms with Crippen LogP contribution in [-0.2, 0) is 13.1 Å². The Bertz CT molecular complexity index is 993. The van der Waals surface area contributed by atoms with Crippen LogP contribution < -0.4 is 14.2 Å². The van der Waals surface area contributed by atoms with Gasteiger partial charge in [-0.25, -0.2) is 4.39 Å². The molecule has 0 aliphatic carbocycles. The molecule has 3 aromatic rings. The molecule has 0 saturated heterocycles. The second kappa shape index (κ2) is 11.5. The molecule has 3 rings (SSSR count). The lowest BCUT2D eigenvalue weighted by Gasteiger charge is -2.26. The van der Waals surface area contributed by atoms with Crippen molar-refractivity contribution in [1.29, 1.82) is 0 Å². The first-order valence-electron chi connectivity index (χ1n) is 10.5. The molecule has 1 N–H and O–H groups in total. The third-order valence-electron chi connectivity index (χ3n) is 5.17. The molecule has 0 amide bonds. The average Bonchev–Trinajstić information content (AvgIpc) is 2.80. The summed E-state index contributed by atoms with van der Waals surface area (Å²) in [6.45, 7) is 3.66. The van der Waals surface area contributed by atoms with Crippen molar-refractivity contribution in [2.24, 2.45) is 0 Å². The molecule has 0 saturated carbocycles. The van der Waals surface area contributed by atoms with Gasteiger partial charge in [-0.15, -0.1) is 0 Å². The van der Waals surface area contributed by atoms with Gasteiger partial charge in [0.15, 0.2) is 11.5 Å². The van der Waals surface area contributed by atoms with Crippen LogP contribution >= 0.6 is 0 Å². The maximum absolute atomic E-state index is 13.3. The molecule has 32 heavy (non-hydrogen) atoms. The van der Waals surface area contributed by atoms with Crippen molar-refractivity contribution in [3.63, 3.8) is 0 Å². The molecule has 5 nitrogen and oxygen atoms in total. The zero-order chi connectivity index (χ0) is 22.9. The molecule has 0 heterocycles. The van der Waals surface area contributed by atoms with E-state index < -0.39 is 6.10 Å². The maximum Gasteiger partial charge on any atom is 0.161 e. The molecule has 1 atom stereocenters. The smallest absolute Gasteiger partial charge is 0.161 e. The topological polar surface area (TPSA) is 51.2 Å². The first-order valence-corrected chi connectivity index (χ1v) is 10.5. The predicted molar refractivity (Wildman–Crippen MR) is 123 cm³/mol. The van der Waals surface area contributed by atoms with E-state index in [2.05, 4.69) is 4.90 Å². The van der Waals surface area contributed by atoms with Gasteiger partial charge in [0.2, 0.25) is 0 Å². The third-order valence-corrected chi connectivity index (χ3v) is 5.17. The number of nitrogens with zero attached hydrogens (tertiary/aromatic N) is 1. The molecule has 0 bridgehead atoms. The number of hydrogen-bond acceptors (Lipinski definition) is 5. The van der Waals surface area contributed by atoms with Crippen LogP contribution in [0.5, 0.6) is 17.2 Å². The van der Waals surface area contributed by atoms with E-state index in [4.69, 9.17) is 14.2 Å². The largest absolute Gasteiger partial charge is 0.493 e. The van der Waals surface area contributed by atoms with Crippen molar-refractivity contribution in [2.45, 2.75) is 26.1 Å². The summed E-state index contributed by atoms with van der Waals surface area (Å²) < 4.78 is 29.9. The first kappa shape index (κ1) is 23.6. The van der Waals surface area contributed by atoms with Crippen LogP contribution in [0.4, 0.5) is 4.39 Å². The molecule has 0 radical (unpaired) electrons. The Labute approximate surface area is 189 Å². The number of aryl methyl sites for hydroxylation is 1. The van der Waals surface area contributed by atoms with Crippen molar-refractivity contribution in [3.8, 4) is 17.2 Å². The summed E-state index contributed by atoms with van der Waals surface area (Å²) >= 11 is 0. The lowest BCUT2D eigenvalue weighted by molar-refractivity contribution is 0.0626. The Morgan fingerprint density at radius 3 is 2.19 bits per heavy atom. The highest BCUT2D eigenvalue weighted by molar-refractivity contribution is 5.42. The minimum absolute atomic E-state index is 0.177. The summed E-state index contributed by atoms with van der Waals surface area (Å²) in [5, 5.41) is 10.7. The number of halogens is 1. The number of aliphatic hydroxyl groups is 1. The summed E-state index contributed by atoms with van der Waals surface area (Å²) in [6.07, 6.45) is -0.699. The van der Waals surface area contributed by atoms with Gasteiger partial charge in [0.05, 0.1) is 14.2 Å². The Morgan fingerprint density at radius 1 is 0.844 bits per heavy atom. The highest BCUT2D eigenvalue weighted by atomic mass is 19.1. The van der Waals surface area contributed by atoms with Crippen molar-refractivity contribution in [2.75, 3.05) is 27.4 Å². The van der Waals surface area contributed by atoms with Gasteiger partial charge in [-0.05, 0) is 53.9 Å². The fourth-order valence-corrected chi connectivity index (χ4v) is 3.53. The van der Waals surface area contributed by atoms with Gasteiger partial charge in [-0.3, -0.25) is 4.90 Å². The molecular formula is C26H30FNO4. The van der Waals surface area contributed by atoms with E-state index in [-0.39, 0.29) is 12.4 Å². The SMILES string of the molecule is COc1ccc(CN(Cc2ccc(F)cc2)CC(O)COc2ccccc2C)cc1OC. The summed E-state index contributed by atoms with van der Waals surface area (Å²) in [4.78, 5) is 2.10. The summed E-state index contributed by atoms with van der Waals surface area (Å²) in [5.74, 6) is 1.80. The van der Waals surface area contributed by atoms with E-state index in [0.29, 0.717) is 31.1 Å². The summed E-state index contributed by atoms with van der Waals surface area (Å²) in [7, 11) is 3.20. The lowest BCUT2D eigenvalue weighted by Crippen LogP contribution is -2.35. The van der Waals surface area contributed by atoms with Crippen molar-refractivity contribution >= 4 is 0 Å². The zero-order valence-corrected chi connectivity index (χ0v) is 18.8. The molecule has 0 aliphatic rings. The van der Waals surface area contributed by atoms with Crippen LogP contribution in [0.2, 0.25) is 0 Å². The van der Waals surface area contributed by atoms with Crippen molar-refractivity contribution in [1.82, 2.24) is 4.90 Å². The second-order valence-electron chi connectivity index (χ2n) is 7.72. The summed E-state index contributed by atoms with van der Waals surface area (Å²) in [6, 6.07) is 19.9. The predicted octanol–water partition coefficient (Wildman–Crippen LogP) is 4.59. The van der Waals surface area contributed by atoms with Crippen LogP contribution in [0.3, 0.4) is 0 Å². The highest BCUT2D eigenvalue weighted by Gasteiger charge is 2.16. The fourth-order valence-electron chi connectivity index (χ4n) is 3.53. The lowest BCUT2D eigenvalue weighted by atomic mass is 10.1. The molecule has 6 heteroatoms. The monoisotopic (exact) mass is 439 g/mol. The Hall–Kier alpha value is -3.09. The molecule has 3 aromatic carbocycles. The number of para-hydroxylation sites is 1. The molecular weight excluding hydrogens is 409 g/mol. The quantitative estimate of drug-likeness (QED) is 0.474. The van der Waals surface area contributed by atoms with E-state index in [1.54, 1.807) is 26.4 Å². The van der Waals surface area contributed by atoms with E-state index in [1.807, 2.05) is 49.4 Å². The van der Waals surface area contributed by atoms with Gasteiger partial charge in [0.1, 0.15) is 24.3 Å². The Balaban J connectivity index is 1.71. The minimum Gasteiger partial charge on any atom is -0.493 e. The van der Waals surface area contributed by atoms with Crippen LogP contribution in [0, 0.1) is 12.7 Å². The van der Waals surface area contributed by atoms with E-state index in [0.717, 1.165) is 22.4 Å². The zero-order valence-electron chi connectivity index (χ0n) is 18.8. The number of aliphatic hydroxyl groups excluding tert-OH is 1. The number of rotatable bonds is 11. The number of hydrogen-bond donors (Lipinski definition) is 1. The van der Waals surface area contributed by atoms with E-state index in [9.17, 15) is 9.50 Å². The molecule has 0 aliphatic heterocycles. The molecule has 170 valence electrons. The van der Waals surface area contributed by atoms with Crippen LogP contribution in [0.25, 0.3) is 0 Å². The van der Waals surface area contributed by atoms with Crippen LogP contribution in [-0.4, -0.2) is 43.5 Å². The number of ether oxygens (including phenoxy) is 3. The Kier molecular flexibility index (Phi) is 8.48. The van der Waals surface area contributed by atoms with Gasteiger partial charge in [-0.1, -0.05) is 36.4 Å². The third kappa shape index (κ3) is 6.70. The van der Waals surface area contributed by atoms with Gasteiger partial charge in [-0.2, -0.15) is 0 Å². The van der Waals surface area contributed by atoms with Crippen molar-refractivity contribution in [3.05, 3.63) is 89.2 Å². The minimum atomic E-state index is -0.699. The van der Waals surface area contributed by atoms with Gasteiger partial charge >= 0.3 is 0 Å². The van der Waals surface area contributed by atoms with Gasteiger partial charge in [0.25, 0.3) is 0 Å². The molecule has 0 spiro atoms.